The summed E-state index contributed by atoms with van der Waals surface area (Å²) in [4.78, 5) is 16.7. The van der Waals surface area contributed by atoms with Gasteiger partial charge in [0.25, 0.3) is 0 Å². The van der Waals surface area contributed by atoms with Crippen LogP contribution in [0.3, 0.4) is 0 Å². The first-order valence-electron chi connectivity index (χ1n) is 8.05. The van der Waals surface area contributed by atoms with Gasteiger partial charge in [0.1, 0.15) is 0 Å². The molecule has 5 nitrogen and oxygen atoms in total. The van der Waals surface area contributed by atoms with Gasteiger partial charge in [-0.25, -0.2) is 0 Å². The number of nitrogens with zero attached hydrogens (tertiary/aromatic N) is 4. The largest absolute Gasteiger partial charge is 0.305 e. The summed E-state index contributed by atoms with van der Waals surface area (Å²) in [5.74, 6) is 0.859. The van der Waals surface area contributed by atoms with Crippen LogP contribution in [0.4, 0.5) is 0 Å². The minimum Gasteiger partial charge on any atom is -0.305 e. The van der Waals surface area contributed by atoms with Crippen molar-refractivity contribution in [3.05, 3.63) is 59.4 Å². The SMILES string of the molecule is Cc1ccc(C(=O)[C@H](C)Sc2nnc(-c3ccncc3)n2C)cc1C. The molecule has 3 aromatic rings. The van der Waals surface area contributed by atoms with Crippen LogP contribution in [-0.2, 0) is 7.05 Å². The highest BCUT2D eigenvalue weighted by molar-refractivity contribution is 8.00. The Morgan fingerprint density at radius 1 is 1.08 bits per heavy atom. The maximum atomic E-state index is 12.7. The Labute approximate surface area is 151 Å². The number of Topliss-reactive ketones (excluding diaryl/α,β-unsaturated/α-hetero) is 1. The minimum absolute atomic E-state index is 0.0987. The molecule has 0 aliphatic carbocycles. The Bertz CT molecular complexity index is 905. The average Bonchev–Trinajstić information content (AvgIpc) is 2.98. The number of benzene rings is 1. The molecule has 0 saturated heterocycles. The number of hydrogen-bond acceptors (Lipinski definition) is 5. The van der Waals surface area contributed by atoms with Crippen LogP contribution in [0, 0.1) is 13.8 Å². The number of thioether (sulfide) groups is 1. The van der Waals surface area contributed by atoms with E-state index < -0.39 is 0 Å². The molecule has 0 radical (unpaired) electrons. The van der Waals surface area contributed by atoms with E-state index in [1.54, 1.807) is 12.4 Å². The molecule has 0 unspecified atom stereocenters. The summed E-state index contributed by atoms with van der Waals surface area (Å²) in [5.41, 5.74) is 4.00. The first-order valence-corrected chi connectivity index (χ1v) is 8.93. The summed E-state index contributed by atoms with van der Waals surface area (Å²) in [5, 5.41) is 8.97. The summed E-state index contributed by atoms with van der Waals surface area (Å²) < 4.78 is 1.91. The lowest BCUT2D eigenvalue weighted by Crippen LogP contribution is -2.14. The maximum Gasteiger partial charge on any atom is 0.191 e. The second-order valence-corrected chi connectivity index (χ2v) is 7.33. The van der Waals surface area contributed by atoms with Crippen LogP contribution in [0.2, 0.25) is 0 Å². The van der Waals surface area contributed by atoms with Gasteiger partial charge in [0.15, 0.2) is 16.8 Å². The van der Waals surface area contributed by atoms with Crippen LogP contribution < -0.4 is 0 Å². The lowest BCUT2D eigenvalue weighted by molar-refractivity contribution is 0.0993. The second-order valence-electron chi connectivity index (χ2n) is 6.02. The van der Waals surface area contributed by atoms with Crippen LogP contribution >= 0.6 is 11.8 Å². The van der Waals surface area contributed by atoms with Gasteiger partial charge in [-0.05, 0) is 50.1 Å². The highest BCUT2D eigenvalue weighted by Crippen LogP contribution is 2.27. The van der Waals surface area contributed by atoms with Crippen LogP contribution in [-0.4, -0.2) is 30.8 Å². The van der Waals surface area contributed by atoms with E-state index in [0.29, 0.717) is 0 Å². The van der Waals surface area contributed by atoms with Gasteiger partial charge in [0, 0.05) is 30.6 Å². The van der Waals surface area contributed by atoms with E-state index in [4.69, 9.17) is 0 Å². The standard InChI is InChI=1S/C19H20N4OS/c1-12-5-6-16(11-13(12)2)17(24)14(3)25-19-22-21-18(23(19)4)15-7-9-20-10-8-15/h5-11,14H,1-4H3/t14-/m0/s1. The highest BCUT2D eigenvalue weighted by atomic mass is 32.2. The van der Waals surface area contributed by atoms with Crippen molar-refractivity contribution in [3.8, 4) is 11.4 Å². The molecule has 3 rings (SSSR count). The Morgan fingerprint density at radius 3 is 2.48 bits per heavy atom. The molecule has 1 aromatic carbocycles. The fourth-order valence-electron chi connectivity index (χ4n) is 2.51. The molecule has 0 spiro atoms. The normalized spacial score (nSPS) is 12.2. The molecule has 0 amide bonds. The molecule has 25 heavy (non-hydrogen) atoms. The van der Waals surface area contributed by atoms with Crippen LogP contribution in [0.1, 0.15) is 28.4 Å². The van der Waals surface area contributed by atoms with Gasteiger partial charge in [-0.1, -0.05) is 23.9 Å². The van der Waals surface area contributed by atoms with Gasteiger partial charge in [0.2, 0.25) is 0 Å². The molecule has 0 aliphatic rings. The topological polar surface area (TPSA) is 60.7 Å². The predicted octanol–water partition coefficient (Wildman–Crippen LogP) is 3.86. The van der Waals surface area contributed by atoms with Crippen molar-refractivity contribution in [1.82, 2.24) is 19.7 Å². The van der Waals surface area contributed by atoms with Gasteiger partial charge in [-0.2, -0.15) is 0 Å². The van der Waals surface area contributed by atoms with Gasteiger partial charge in [0.05, 0.1) is 5.25 Å². The third-order valence-electron chi connectivity index (χ3n) is 4.22. The van der Waals surface area contributed by atoms with E-state index >= 15 is 0 Å². The van der Waals surface area contributed by atoms with Crippen molar-refractivity contribution in [2.24, 2.45) is 7.05 Å². The Kier molecular flexibility index (Phi) is 4.99. The van der Waals surface area contributed by atoms with Crippen LogP contribution in [0.25, 0.3) is 11.4 Å². The van der Waals surface area contributed by atoms with E-state index in [0.717, 1.165) is 27.7 Å². The number of aromatic nitrogens is 4. The Morgan fingerprint density at radius 2 is 1.80 bits per heavy atom. The van der Waals surface area contributed by atoms with E-state index in [1.807, 2.05) is 62.7 Å². The van der Waals surface area contributed by atoms with E-state index in [-0.39, 0.29) is 11.0 Å². The summed E-state index contributed by atoms with van der Waals surface area (Å²) in [7, 11) is 1.91. The zero-order chi connectivity index (χ0) is 18.0. The van der Waals surface area contributed by atoms with Crippen molar-refractivity contribution in [3.63, 3.8) is 0 Å². The number of pyridine rings is 1. The summed E-state index contributed by atoms with van der Waals surface area (Å²) in [6.45, 7) is 5.97. The molecule has 6 heteroatoms. The van der Waals surface area contributed by atoms with Gasteiger partial charge < -0.3 is 4.57 Å². The average molecular weight is 352 g/mol. The molecule has 2 heterocycles. The van der Waals surface area contributed by atoms with Crippen molar-refractivity contribution < 1.29 is 4.79 Å². The first-order chi connectivity index (χ1) is 12.0. The lowest BCUT2D eigenvalue weighted by atomic mass is 10.0. The van der Waals surface area contributed by atoms with E-state index in [9.17, 15) is 4.79 Å². The van der Waals surface area contributed by atoms with Crippen molar-refractivity contribution >= 4 is 17.5 Å². The number of aryl methyl sites for hydroxylation is 2. The molecule has 128 valence electrons. The second kappa shape index (κ2) is 7.19. The fraction of sp³-hybridized carbons (Fsp3) is 0.263. The number of hydrogen-bond donors (Lipinski definition) is 0. The van der Waals surface area contributed by atoms with Gasteiger partial charge in [-0.3, -0.25) is 9.78 Å². The third-order valence-corrected chi connectivity index (χ3v) is 5.35. The molecule has 0 saturated carbocycles. The fourth-order valence-corrected chi connectivity index (χ4v) is 3.40. The van der Waals surface area contributed by atoms with Gasteiger partial charge >= 0.3 is 0 Å². The summed E-state index contributed by atoms with van der Waals surface area (Å²) in [6.07, 6.45) is 3.45. The Balaban J connectivity index is 1.79. The molecule has 1 atom stereocenters. The predicted molar refractivity (Wildman–Crippen MR) is 99.8 cm³/mol. The summed E-state index contributed by atoms with van der Waals surface area (Å²) >= 11 is 1.42. The highest BCUT2D eigenvalue weighted by Gasteiger charge is 2.20. The molecular weight excluding hydrogens is 332 g/mol. The molecule has 2 aromatic heterocycles. The maximum absolute atomic E-state index is 12.7. The zero-order valence-electron chi connectivity index (χ0n) is 14.7. The molecule has 0 fully saturated rings. The lowest BCUT2D eigenvalue weighted by Gasteiger charge is -2.11. The number of carbonyl (C=O) groups is 1. The molecule has 0 bridgehead atoms. The van der Waals surface area contributed by atoms with Gasteiger partial charge in [-0.15, -0.1) is 10.2 Å². The first kappa shape index (κ1) is 17.4. The minimum atomic E-state index is -0.240. The van der Waals surface area contributed by atoms with E-state index in [2.05, 4.69) is 15.2 Å². The number of carbonyl (C=O) groups excluding carboxylic acids is 1. The monoisotopic (exact) mass is 352 g/mol. The molecule has 0 N–H and O–H groups in total. The Hall–Kier alpha value is -2.47. The number of ketones is 1. The molecule has 0 aliphatic heterocycles. The van der Waals surface area contributed by atoms with Crippen molar-refractivity contribution in [2.75, 3.05) is 0 Å². The third kappa shape index (κ3) is 3.64. The van der Waals surface area contributed by atoms with Crippen molar-refractivity contribution in [1.29, 1.82) is 0 Å². The summed E-state index contributed by atoms with van der Waals surface area (Å²) in [6, 6.07) is 9.61. The van der Waals surface area contributed by atoms with E-state index in [1.165, 1.54) is 17.3 Å². The van der Waals surface area contributed by atoms with Crippen LogP contribution in [0.15, 0.2) is 47.9 Å². The number of rotatable bonds is 5. The smallest absolute Gasteiger partial charge is 0.191 e. The quantitative estimate of drug-likeness (QED) is 0.515. The van der Waals surface area contributed by atoms with Crippen LogP contribution in [0.5, 0.6) is 0 Å². The van der Waals surface area contributed by atoms with Crippen molar-refractivity contribution in [2.45, 2.75) is 31.2 Å². The molecular formula is C19H20N4OS. The zero-order valence-corrected chi connectivity index (χ0v) is 15.5.